The molecule has 0 spiro atoms. The summed E-state index contributed by atoms with van der Waals surface area (Å²) in [5.74, 6) is 0.886. The Kier molecular flexibility index (Phi) is 6.37. The number of carbonyl (C=O) groups is 2. The summed E-state index contributed by atoms with van der Waals surface area (Å²) < 4.78 is 16.1. The number of nitrogens with zero attached hydrogens (tertiary/aromatic N) is 1. The Hall–Kier alpha value is -3.06. The first-order chi connectivity index (χ1) is 15.4. The van der Waals surface area contributed by atoms with Crippen LogP contribution in [0.1, 0.15) is 48.0 Å². The summed E-state index contributed by atoms with van der Waals surface area (Å²) in [5.41, 5.74) is 1.21. The maximum absolute atomic E-state index is 12.7. The zero-order valence-corrected chi connectivity index (χ0v) is 18.5. The van der Waals surface area contributed by atoms with Gasteiger partial charge in [0.05, 0.1) is 37.7 Å². The van der Waals surface area contributed by atoms with Crippen molar-refractivity contribution < 1.29 is 28.9 Å². The summed E-state index contributed by atoms with van der Waals surface area (Å²) >= 11 is 0. The molecule has 1 N–H and O–H groups in total. The van der Waals surface area contributed by atoms with E-state index < -0.39 is 11.6 Å². The number of amides is 1. The maximum atomic E-state index is 12.7. The van der Waals surface area contributed by atoms with Crippen LogP contribution in [0, 0.1) is 5.92 Å². The standard InChI is InChI=1S/C25H29NO6/c1-30-22-14-19(25(29)11-3-4-12-25)7-10-21(22)26-15-17(13-23(26)27)16-32-20-8-5-18(6-9-20)24(28)31-2/h5-10,14,17,29H,3-4,11-13,15-16H2,1-2H3. The average Bonchev–Trinajstić information content (AvgIpc) is 3.43. The van der Waals surface area contributed by atoms with Crippen LogP contribution in [-0.4, -0.2) is 44.4 Å². The Labute approximate surface area is 187 Å². The molecule has 1 amide bonds. The first-order valence-corrected chi connectivity index (χ1v) is 11.0. The number of rotatable bonds is 7. The topological polar surface area (TPSA) is 85.3 Å². The minimum absolute atomic E-state index is 0.0188. The molecule has 0 bridgehead atoms. The number of esters is 1. The summed E-state index contributed by atoms with van der Waals surface area (Å²) in [7, 11) is 2.93. The van der Waals surface area contributed by atoms with Crippen LogP contribution in [0.3, 0.4) is 0 Å². The van der Waals surface area contributed by atoms with E-state index in [0.29, 0.717) is 42.3 Å². The Morgan fingerprint density at radius 3 is 2.50 bits per heavy atom. The highest BCUT2D eigenvalue weighted by molar-refractivity contribution is 5.97. The third-order valence-corrected chi connectivity index (χ3v) is 6.40. The van der Waals surface area contributed by atoms with Crippen LogP contribution >= 0.6 is 0 Å². The molecule has 2 aliphatic rings. The highest BCUT2D eigenvalue weighted by Gasteiger charge is 2.36. The Morgan fingerprint density at radius 1 is 1.12 bits per heavy atom. The lowest BCUT2D eigenvalue weighted by Crippen LogP contribution is -2.26. The van der Waals surface area contributed by atoms with Gasteiger partial charge in [0, 0.05) is 18.9 Å². The van der Waals surface area contributed by atoms with Gasteiger partial charge in [-0.15, -0.1) is 0 Å². The molecule has 7 heteroatoms. The second kappa shape index (κ2) is 9.20. The summed E-state index contributed by atoms with van der Waals surface area (Å²) in [6.45, 7) is 0.916. The molecular formula is C25H29NO6. The van der Waals surface area contributed by atoms with E-state index in [1.54, 1.807) is 36.3 Å². The number of hydrogen-bond donors (Lipinski definition) is 1. The molecule has 0 radical (unpaired) electrons. The minimum atomic E-state index is -0.805. The van der Waals surface area contributed by atoms with Gasteiger partial charge in [-0.25, -0.2) is 4.79 Å². The largest absolute Gasteiger partial charge is 0.495 e. The molecule has 2 fully saturated rings. The van der Waals surface area contributed by atoms with Crippen molar-refractivity contribution in [1.29, 1.82) is 0 Å². The van der Waals surface area contributed by atoms with Gasteiger partial charge < -0.3 is 24.2 Å². The summed E-state index contributed by atoms with van der Waals surface area (Å²) in [6.07, 6.45) is 3.90. The van der Waals surface area contributed by atoms with E-state index in [-0.39, 0.29) is 11.8 Å². The molecular weight excluding hydrogens is 410 g/mol. The van der Waals surface area contributed by atoms with Crippen molar-refractivity contribution >= 4 is 17.6 Å². The van der Waals surface area contributed by atoms with Crippen molar-refractivity contribution in [3.05, 3.63) is 53.6 Å². The Balaban J connectivity index is 1.41. The molecule has 2 aromatic rings. The minimum Gasteiger partial charge on any atom is -0.495 e. The first kappa shape index (κ1) is 22.1. The molecule has 1 aliphatic carbocycles. The fourth-order valence-corrected chi connectivity index (χ4v) is 4.58. The number of aliphatic hydroxyl groups is 1. The monoisotopic (exact) mass is 439 g/mol. The number of ether oxygens (including phenoxy) is 3. The predicted octanol–water partition coefficient (Wildman–Crippen LogP) is 3.68. The normalized spacial score (nSPS) is 19.8. The van der Waals surface area contributed by atoms with E-state index in [2.05, 4.69) is 0 Å². The molecule has 170 valence electrons. The highest BCUT2D eigenvalue weighted by Crippen LogP contribution is 2.42. The van der Waals surface area contributed by atoms with Gasteiger partial charge in [0.2, 0.25) is 5.91 Å². The van der Waals surface area contributed by atoms with Crippen molar-refractivity contribution in [2.24, 2.45) is 5.92 Å². The van der Waals surface area contributed by atoms with Gasteiger partial charge in [0.15, 0.2) is 0 Å². The molecule has 4 rings (SSSR count). The van der Waals surface area contributed by atoms with Gasteiger partial charge in [0.25, 0.3) is 0 Å². The van der Waals surface area contributed by atoms with Crippen LogP contribution in [-0.2, 0) is 15.1 Å². The van der Waals surface area contributed by atoms with Crippen LogP contribution in [0.15, 0.2) is 42.5 Å². The molecule has 0 aromatic heterocycles. The second-order valence-electron chi connectivity index (χ2n) is 8.53. The van der Waals surface area contributed by atoms with Crippen LogP contribution in [0.2, 0.25) is 0 Å². The lowest BCUT2D eigenvalue weighted by molar-refractivity contribution is -0.117. The van der Waals surface area contributed by atoms with Gasteiger partial charge in [-0.2, -0.15) is 0 Å². The molecule has 7 nitrogen and oxygen atoms in total. The Bertz CT molecular complexity index is 980. The molecule has 1 saturated carbocycles. The van der Waals surface area contributed by atoms with Crippen LogP contribution < -0.4 is 14.4 Å². The van der Waals surface area contributed by atoms with Gasteiger partial charge in [0.1, 0.15) is 11.5 Å². The zero-order chi connectivity index (χ0) is 22.7. The van der Waals surface area contributed by atoms with E-state index in [9.17, 15) is 14.7 Å². The van der Waals surface area contributed by atoms with Crippen LogP contribution in [0.5, 0.6) is 11.5 Å². The number of carbonyl (C=O) groups excluding carboxylic acids is 2. The summed E-state index contributed by atoms with van der Waals surface area (Å²) in [4.78, 5) is 26.0. The van der Waals surface area contributed by atoms with Gasteiger partial charge in [-0.3, -0.25) is 4.79 Å². The third-order valence-electron chi connectivity index (χ3n) is 6.40. The average molecular weight is 440 g/mol. The fourth-order valence-electron chi connectivity index (χ4n) is 4.58. The lowest BCUT2D eigenvalue weighted by atomic mass is 9.92. The predicted molar refractivity (Wildman–Crippen MR) is 119 cm³/mol. The van der Waals surface area contributed by atoms with Crippen LogP contribution in [0.25, 0.3) is 0 Å². The summed E-state index contributed by atoms with van der Waals surface area (Å²) in [5, 5.41) is 10.9. The van der Waals surface area contributed by atoms with E-state index in [1.165, 1.54) is 7.11 Å². The number of methoxy groups -OCH3 is 2. The molecule has 2 aromatic carbocycles. The number of anilines is 1. The fraction of sp³-hybridized carbons (Fsp3) is 0.440. The molecule has 32 heavy (non-hydrogen) atoms. The molecule has 1 aliphatic heterocycles. The smallest absolute Gasteiger partial charge is 0.337 e. The molecule has 1 unspecified atom stereocenters. The number of benzene rings is 2. The van der Waals surface area contributed by atoms with Crippen molar-refractivity contribution in [2.75, 3.05) is 32.3 Å². The molecule has 1 saturated heterocycles. The highest BCUT2D eigenvalue weighted by atomic mass is 16.5. The van der Waals surface area contributed by atoms with Crippen molar-refractivity contribution in [3.8, 4) is 11.5 Å². The van der Waals surface area contributed by atoms with E-state index in [1.807, 2.05) is 18.2 Å². The van der Waals surface area contributed by atoms with E-state index in [4.69, 9.17) is 14.2 Å². The third kappa shape index (κ3) is 4.43. The van der Waals surface area contributed by atoms with Gasteiger partial charge in [-0.05, 0) is 54.8 Å². The van der Waals surface area contributed by atoms with Crippen molar-refractivity contribution in [3.63, 3.8) is 0 Å². The quantitative estimate of drug-likeness (QED) is 0.663. The zero-order valence-electron chi connectivity index (χ0n) is 18.5. The van der Waals surface area contributed by atoms with Gasteiger partial charge in [-0.1, -0.05) is 18.9 Å². The van der Waals surface area contributed by atoms with Crippen molar-refractivity contribution in [2.45, 2.75) is 37.7 Å². The Morgan fingerprint density at radius 2 is 1.84 bits per heavy atom. The van der Waals surface area contributed by atoms with Gasteiger partial charge >= 0.3 is 5.97 Å². The molecule has 1 heterocycles. The maximum Gasteiger partial charge on any atom is 0.337 e. The first-order valence-electron chi connectivity index (χ1n) is 11.0. The second-order valence-corrected chi connectivity index (χ2v) is 8.53. The van der Waals surface area contributed by atoms with E-state index in [0.717, 1.165) is 31.2 Å². The SMILES string of the molecule is COC(=O)c1ccc(OCC2CC(=O)N(c3ccc(C4(O)CCCC4)cc3OC)C2)cc1. The molecule has 1 atom stereocenters. The van der Waals surface area contributed by atoms with E-state index >= 15 is 0 Å². The summed E-state index contributed by atoms with van der Waals surface area (Å²) in [6, 6.07) is 12.4. The van der Waals surface area contributed by atoms with Crippen molar-refractivity contribution in [1.82, 2.24) is 0 Å². The number of hydrogen-bond acceptors (Lipinski definition) is 6. The van der Waals surface area contributed by atoms with Crippen LogP contribution in [0.4, 0.5) is 5.69 Å². The lowest BCUT2D eigenvalue weighted by Gasteiger charge is -2.26.